The number of carbonyl (C=O) groups excluding carboxylic acids is 2. The lowest BCUT2D eigenvalue weighted by atomic mass is 10.2. The first-order chi connectivity index (χ1) is 6.91. The Morgan fingerprint density at radius 3 is 2.53 bits per heavy atom. The third-order valence-electron chi connectivity index (χ3n) is 1.85. The summed E-state index contributed by atoms with van der Waals surface area (Å²) >= 11 is 4.36. The Bertz CT molecular complexity index is 367. The summed E-state index contributed by atoms with van der Waals surface area (Å²) in [6.07, 6.45) is 1.67. The van der Waals surface area contributed by atoms with Gasteiger partial charge >= 0.3 is 5.97 Å². The molecule has 1 heterocycles. The minimum atomic E-state index is -0.370. The molecule has 1 unspecified atom stereocenters. The van der Waals surface area contributed by atoms with Gasteiger partial charge in [0.2, 0.25) is 0 Å². The molecule has 0 aromatic rings. The highest BCUT2D eigenvalue weighted by atomic mass is 79.9. The molecular formula is C10H11BrO3S. The van der Waals surface area contributed by atoms with Crippen molar-refractivity contribution in [2.24, 2.45) is 0 Å². The maximum atomic E-state index is 11.4. The van der Waals surface area contributed by atoms with E-state index in [2.05, 4.69) is 15.9 Å². The van der Waals surface area contributed by atoms with Gasteiger partial charge < -0.3 is 4.74 Å². The normalized spacial score (nSPS) is 20.8. The van der Waals surface area contributed by atoms with Crippen molar-refractivity contribution in [3.05, 3.63) is 21.9 Å². The zero-order valence-electron chi connectivity index (χ0n) is 8.67. The number of cyclic esters (lactones) is 1. The van der Waals surface area contributed by atoms with E-state index in [9.17, 15) is 9.59 Å². The molecule has 3 nitrogen and oxygen atoms in total. The van der Waals surface area contributed by atoms with Crippen molar-refractivity contribution in [3.8, 4) is 0 Å². The number of thioether (sulfide) groups is 1. The lowest BCUT2D eigenvalue weighted by molar-refractivity contribution is -0.133. The molecule has 5 heteroatoms. The standard InChI is InChI=1S/C10H11BrO3S/c1-5(11)9-4-8(10(13)14-9)6(2)15-7(3)12/h4,6H,1-3H3/b9-5+. The summed E-state index contributed by atoms with van der Waals surface area (Å²) < 4.78 is 5.78. The van der Waals surface area contributed by atoms with Gasteiger partial charge in [-0.3, -0.25) is 4.79 Å². The van der Waals surface area contributed by atoms with Gasteiger partial charge in [-0.05, 0) is 19.9 Å². The quantitative estimate of drug-likeness (QED) is 0.734. The average molecular weight is 291 g/mol. The molecule has 0 N–H and O–H groups in total. The summed E-state index contributed by atoms with van der Waals surface area (Å²) in [4.78, 5) is 22.3. The number of hydrogen-bond acceptors (Lipinski definition) is 4. The fourth-order valence-corrected chi connectivity index (χ4v) is 2.14. The van der Waals surface area contributed by atoms with E-state index in [1.807, 2.05) is 6.92 Å². The van der Waals surface area contributed by atoms with Crippen molar-refractivity contribution in [1.29, 1.82) is 0 Å². The van der Waals surface area contributed by atoms with Crippen LogP contribution in [-0.2, 0) is 14.3 Å². The Balaban J connectivity index is 2.87. The van der Waals surface area contributed by atoms with E-state index < -0.39 is 0 Å². The van der Waals surface area contributed by atoms with Gasteiger partial charge in [0.1, 0.15) is 5.76 Å². The van der Waals surface area contributed by atoms with Crippen molar-refractivity contribution in [2.45, 2.75) is 26.0 Å². The van der Waals surface area contributed by atoms with Gasteiger partial charge in [0.15, 0.2) is 5.12 Å². The number of rotatable bonds is 2. The molecule has 15 heavy (non-hydrogen) atoms. The van der Waals surface area contributed by atoms with Gasteiger partial charge in [-0.1, -0.05) is 27.7 Å². The van der Waals surface area contributed by atoms with Crippen molar-refractivity contribution in [3.63, 3.8) is 0 Å². The summed E-state index contributed by atoms with van der Waals surface area (Å²) in [5, 5.41) is -0.177. The maximum absolute atomic E-state index is 11.4. The van der Waals surface area contributed by atoms with E-state index >= 15 is 0 Å². The topological polar surface area (TPSA) is 43.4 Å². The van der Waals surface area contributed by atoms with E-state index in [-0.39, 0.29) is 16.3 Å². The fourth-order valence-electron chi connectivity index (χ4n) is 1.15. The van der Waals surface area contributed by atoms with E-state index in [1.54, 1.807) is 13.0 Å². The van der Waals surface area contributed by atoms with E-state index in [4.69, 9.17) is 4.74 Å². The van der Waals surface area contributed by atoms with E-state index in [1.165, 1.54) is 6.92 Å². The number of esters is 1. The van der Waals surface area contributed by atoms with Crippen LogP contribution >= 0.6 is 27.7 Å². The van der Waals surface area contributed by atoms with Crippen LogP contribution in [0, 0.1) is 0 Å². The first kappa shape index (κ1) is 12.5. The van der Waals surface area contributed by atoms with Crippen molar-refractivity contribution < 1.29 is 14.3 Å². The average Bonchev–Trinajstić information content (AvgIpc) is 2.46. The van der Waals surface area contributed by atoms with E-state index in [0.29, 0.717) is 11.3 Å². The maximum Gasteiger partial charge on any atom is 0.340 e. The minimum Gasteiger partial charge on any atom is -0.422 e. The van der Waals surface area contributed by atoms with Crippen molar-refractivity contribution in [2.75, 3.05) is 0 Å². The molecule has 1 rings (SSSR count). The summed E-state index contributed by atoms with van der Waals surface area (Å²) in [6, 6.07) is 0. The third kappa shape index (κ3) is 3.21. The van der Waals surface area contributed by atoms with Crippen LogP contribution in [0.1, 0.15) is 20.8 Å². The van der Waals surface area contributed by atoms with Gasteiger partial charge in [0.05, 0.1) is 5.57 Å². The highest BCUT2D eigenvalue weighted by Crippen LogP contribution is 2.29. The molecule has 0 bridgehead atoms. The molecule has 0 amide bonds. The first-order valence-electron chi connectivity index (χ1n) is 4.39. The second kappa shape index (κ2) is 4.99. The van der Waals surface area contributed by atoms with Crippen LogP contribution in [0.15, 0.2) is 21.9 Å². The fraction of sp³-hybridized carbons (Fsp3) is 0.400. The molecule has 0 aromatic carbocycles. The number of hydrogen-bond donors (Lipinski definition) is 0. The zero-order valence-corrected chi connectivity index (χ0v) is 11.1. The number of carbonyl (C=O) groups is 2. The monoisotopic (exact) mass is 290 g/mol. The molecule has 0 radical (unpaired) electrons. The predicted molar refractivity (Wildman–Crippen MR) is 63.5 cm³/mol. The Kier molecular flexibility index (Phi) is 4.16. The van der Waals surface area contributed by atoms with Crippen LogP contribution < -0.4 is 0 Å². The summed E-state index contributed by atoms with van der Waals surface area (Å²) in [6.45, 7) is 5.09. The van der Waals surface area contributed by atoms with Crippen LogP contribution in [0.5, 0.6) is 0 Å². The lowest BCUT2D eigenvalue weighted by Crippen LogP contribution is -2.10. The van der Waals surface area contributed by atoms with Gasteiger partial charge in [-0.25, -0.2) is 4.79 Å². The number of halogens is 1. The van der Waals surface area contributed by atoms with Crippen LogP contribution in [0.4, 0.5) is 0 Å². The SMILES string of the molecule is CC(=O)SC(C)C1=C/C(=C(/C)Br)OC1=O. The Hall–Kier alpha value is -0.550. The summed E-state index contributed by atoms with van der Waals surface area (Å²) in [5.41, 5.74) is 0.531. The van der Waals surface area contributed by atoms with Gasteiger partial charge in [-0.2, -0.15) is 0 Å². The molecule has 1 aliphatic rings. The molecule has 0 saturated carbocycles. The third-order valence-corrected chi connectivity index (χ3v) is 3.18. The zero-order chi connectivity index (χ0) is 11.6. The van der Waals surface area contributed by atoms with Crippen LogP contribution in [0.25, 0.3) is 0 Å². The van der Waals surface area contributed by atoms with Crippen LogP contribution in [0.2, 0.25) is 0 Å². The molecule has 1 aliphatic heterocycles. The van der Waals surface area contributed by atoms with Gasteiger partial charge in [-0.15, -0.1) is 0 Å². The lowest BCUT2D eigenvalue weighted by Gasteiger charge is -2.06. The minimum absolute atomic E-state index is 0.0100. The van der Waals surface area contributed by atoms with Crippen molar-refractivity contribution >= 4 is 38.8 Å². The summed E-state index contributed by atoms with van der Waals surface area (Å²) in [5.74, 6) is 0.149. The molecule has 0 fully saturated rings. The Morgan fingerprint density at radius 1 is 1.53 bits per heavy atom. The second-order valence-electron chi connectivity index (χ2n) is 3.14. The molecule has 0 spiro atoms. The molecule has 0 aromatic heterocycles. The van der Waals surface area contributed by atoms with E-state index in [0.717, 1.165) is 16.2 Å². The molecule has 82 valence electrons. The van der Waals surface area contributed by atoms with Crippen molar-refractivity contribution in [1.82, 2.24) is 0 Å². The summed E-state index contributed by atoms with van der Waals surface area (Å²) in [7, 11) is 0. The van der Waals surface area contributed by atoms with Gasteiger partial charge in [0, 0.05) is 16.7 Å². The van der Waals surface area contributed by atoms with Crippen LogP contribution in [0.3, 0.4) is 0 Å². The number of allylic oxidation sites excluding steroid dienone is 2. The highest BCUT2D eigenvalue weighted by Gasteiger charge is 2.27. The smallest absolute Gasteiger partial charge is 0.340 e. The number of ether oxygens (including phenoxy) is 1. The second-order valence-corrected chi connectivity index (χ2v) is 5.85. The Morgan fingerprint density at radius 2 is 2.13 bits per heavy atom. The van der Waals surface area contributed by atoms with Crippen LogP contribution in [-0.4, -0.2) is 16.3 Å². The largest absolute Gasteiger partial charge is 0.422 e. The molecule has 0 saturated heterocycles. The molecule has 1 atom stereocenters. The predicted octanol–water partition coefficient (Wildman–Crippen LogP) is 2.76. The van der Waals surface area contributed by atoms with Gasteiger partial charge in [0.25, 0.3) is 0 Å². The first-order valence-corrected chi connectivity index (χ1v) is 6.06. The Labute approximate surface area is 101 Å². The highest BCUT2D eigenvalue weighted by molar-refractivity contribution is 9.11. The molecular weight excluding hydrogens is 280 g/mol. The molecule has 0 aliphatic carbocycles.